The Labute approximate surface area is 53.2 Å². The highest BCUT2D eigenvalue weighted by Gasteiger charge is 1.87. The van der Waals surface area contributed by atoms with Gasteiger partial charge in [0, 0.05) is 0 Å². The monoisotopic (exact) mass is 130 g/mol. The van der Waals surface area contributed by atoms with Crippen molar-refractivity contribution >= 4 is 17.4 Å². The molecule has 0 spiro atoms. The predicted octanol–water partition coefficient (Wildman–Crippen LogP) is 0.378. The molecule has 8 heavy (non-hydrogen) atoms. The molecule has 0 saturated carbocycles. The Kier molecular flexibility index (Phi) is 3.90. The van der Waals surface area contributed by atoms with Crippen molar-refractivity contribution < 1.29 is 4.74 Å². The summed E-state index contributed by atoms with van der Waals surface area (Å²) in [6, 6.07) is 0. The molecular weight excluding hydrogens is 124 g/mol. The van der Waals surface area contributed by atoms with Crippen molar-refractivity contribution in [2.24, 2.45) is 0 Å². The van der Waals surface area contributed by atoms with Gasteiger partial charge >= 0.3 is 0 Å². The van der Waals surface area contributed by atoms with E-state index in [0.717, 1.165) is 0 Å². The molecular formula is C4H6N2OS. The van der Waals surface area contributed by atoms with Crippen molar-refractivity contribution in [1.82, 2.24) is 5.32 Å². The largest absolute Gasteiger partial charge is 0.471 e. The van der Waals surface area contributed by atoms with Gasteiger partial charge in [-0.05, 0) is 19.1 Å². The van der Waals surface area contributed by atoms with Crippen molar-refractivity contribution in [2.45, 2.75) is 6.92 Å². The van der Waals surface area contributed by atoms with Crippen LogP contribution in [0.5, 0.6) is 0 Å². The molecule has 0 aromatic carbocycles. The second-order valence-corrected chi connectivity index (χ2v) is 1.33. The molecule has 3 nitrogen and oxygen atoms in total. The lowest BCUT2D eigenvalue weighted by Gasteiger charge is -1.97. The normalized spacial score (nSPS) is 7.00. The van der Waals surface area contributed by atoms with E-state index in [0.29, 0.717) is 6.61 Å². The minimum atomic E-state index is 0.134. The maximum absolute atomic E-state index is 7.93. The zero-order valence-electron chi connectivity index (χ0n) is 4.47. The number of hydrogen-bond acceptors (Lipinski definition) is 3. The van der Waals surface area contributed by atoms with E-state index >= 15 is 0 Å². The fraction of sp³-hybridized carbons (Fsp3) is 0.500. The smallest absolute Gasteiger partial charge is 0.270 e. The van der Waals surface area contributed by atoms with Crippen molar-refractivity contribution in [1.29, 1.82) is 5.26 Å². The minimum Gasteiger partial charge on any atom is -0.471 e. The van der Waals surface area contributed by atoms with Crippen LogP contribution in [0.1, 0.15) is 6.92 Å². The van der Waals surface area contributed by atoms with E-state index in [1.807, 2.05) is 0 Å². The summed E-state index contributed by atoms with van der Waals surface area (Å²) in [5, 5.41) is 10.2. The first-order chi connectivity index (χ1) is 3.81. The fourth-order valence-electron chi connectivity index (χ4n) is 0.213. The number of rotatable bonds is 1. The molecule has 0 radical (unpaired) electrons. The maximum Gasteiger partial charge on any atom is 0.270 e. The molecule has 0 aromatic heterocycles. The SMILES string of the molecule is CCOC(=S)NC#N. The van der Waals surface area contributed by atoms with Crippen LogP contribution >= 0.6 is 12.2 Å². The maximum atomic E-state index is 7.93. The van der Waals surface area contributed by atoms with E-state index in [1.54, 1.807) is 13.1 Å². The van der Waals surface area contributed by atoms with Gasteiger partial charge in [-0.3, -0.25) is 5.32 Å². The van der Waals surface area contributed by atoms with E-state index in [-0.39, 0.29) is 5.17 Å². The molecule has 0 aliphatic heterocycles. The molecule has 0 aliphatic carbocycles. The Morgan fingerprint density at radius 3 is 3.00 bits per heavy atom. The summed E-state index contributed by atoms with van der Waals surface area (Å²) in [4.78, 5) is 0. The Balaban J connectivity index is 3.23. The molecule has 0 fully saturated rings. The van der Waals surface area contributed by atoms with E-state index in [9.17, 15) is 0 Å². The van der Waals surface area contributed by atoms with Crippen LogP contribution in [0.15, 0.2) is 0 Å². The van der Waals surface area contributed by atoms with Gasteiger partial charge in [0.25, 0.3) is 5.17 Å². The van der Waals surface area contributed by atoms with Gasteiger partial charge in [0.2, 0.25) is 0 Å². The summed E-state index contributed by atoms with van der Waals surface area (Å²) >= 11 is 4.50. The van der Waals surface area contributed by atoms with Crippen LogP contribution in [-0.4, -0.2) is 11.8 Å². The first-order valence-electron chi connectivity index (χ1n) is 2.13. The van der Waals surface area contributed by atoms with Crippen molar-refractivity contribution in [3.63, 3.8) is 0 Å². The number of ether oxygens (including phenoxy) is 1. The second-order valence-electron chi connectivity index (χ2n) is 0.957. The summed E-state index contributed by atoms with van der Waals surface area (Å²) in [5.74, 6) is 0. The van der Waals surface area contributed by atoms with Crippen LogP contribution in [0.4, 0.5) is 0 Å². The van der Waals surface area contributed by atoms with Gasteiger partial charge in [-0.1, -0.05) is 0 Å². The second kappa shape index (κ2) is 4.34. The lowest BCUT2D eigenvalue weighted by Crippen LogP contribution is -2.17. The highest BCUT2D eigenvalue weighted by Crippen LogP contribution is 1.73. The Morgan fingerprint density at radius 2 is 2.62 bits per heavy atom. The molecule has 0 heterocycles. The molecule has 1 N–H and O–H groups in total. The lowest BCUT2D eigenvalue weighted by atomic mass is 10.9. The van der Waals surface area contributed by atoms with Crippen molar-refractivity contribution in [2.75, 3.05) is 6.61 Å². The molecule has 0 rings (SSSR count). The molecule has 0 aliphatic rings. The van der Waals surface area contributed by atoms with Crippen molar-refractivity contribution in [3.05, 3.63) is 0 Å². The Morgan fingerprint density at radius 1 is 2.00 bits per heavy atom. The summed E-state index contributed by atoms with van der Waals surface area (Å²) in [5.41, 5.74) is 0. The average Bonchev–Trinajstić information content (AvgIpc) is 1.68. The van der Waals surface area contributed by atoms with E-state index in [2.05, 4.69) is 22.3 Å². The number of nitrogens with one attached hydrogen (secondary N) is 1. The van der Waals surface area contributed by atoms with Crippen LogP contribution in [0.3, 0.4) is 0 Å². The van der Waals surface area contributed by atoms with E-state index in [4.69, 9.17) is 5.26 Å². The van der Waals surface area contributed by atoms with Gasteiger partial charge in [-0.2, -0.15) is 5.26 Å². The molecule has 4 heteroatoms. The minimum absolute atomic E-state index is 0.134. The van der Waals surface area contributed by atoms with E-state index < -0.39 is 0 Å². The summed E-state index contributed by atoms with van der Waals surface area (Å²) in [6.45, 7) is 2.29. The molecule has 0 amide bonds. The molecule has 0 aromatic rings. The van der Waals surface area contributed by atoms with Crippen LogP contribution in [0.25, 0.3) is 0 Å². The number of nitriles is 1. The molecule has 0 saturated heterocycles. The van der Waals surface area contributed by atoms with Gasteiger partial charge in [0.1, 0.15) is 0 Å². The first kappa shape index (κ1) is 7.18. The summed E-state index contributed by atoms with van der Waals surface area (Å²) in [6.07, 6.45) is 1.64. The number of hydrogen-bond donors (Lipinski definition) is 1. The van der Waals surface area contributed by atoms with Gasteiger partial charge in [0.15, 0.2) is 6.19 Å². The van der Waals surface area contributed by atoms with Crippen LogP contribution < -0.4 is 5.32 Å². The fourth-order valence-corrected chi connectivity index (χ4v) is 0.376. The highest BCUT2D eigenvalue weighted by atomic mass is 32.1. The summed E-state index contributed by atoms with van der Waals surface area (Å²) < 4.78 is 4.68. The van der Waals surface area contributed by atoms with Gasteiger partial charge in [-0.15, -0.1) is 0 Å². The van der Waals surface area contributed by atoms with Crippen LogP contribution in [0, 0.1) is 11.5 Å². The molecule has 0 atom stereocenters. The number of nitrogens with zero attached hydrogens (tertiary/aromatic N) is 1. The lowest BCUT2D eigenvalue weighted by molar-refractivity contribution is 0.326. The van der Waals surface area contributed by atoms with Crippen LogP contribution in [-0.2, 0) is 4.74 Å². The van der Waals surface area contributed by atoms with Gasteiger partial charge in [-0.25, -0.2) is 0 Å². The molecule has 0 bridgehead atoms. The average molecular weight is 130 g/mol. The molecule has 44 valence electrons. The topological polar surface area (TPSA) is 45.0 Å². The third kappa shape index (κ3) is 3.37. The highest BCUT2D eigenvalue weighted by molar-refractivity contribution is 7.80. The number of thiocarbonyl (C=S) groups is 1. The summed E-state index contributed by atoms with van der Waals surface area (Å²) in [7, 11) is 0. The zero-order chi connectivity index (χ0) is 6.41. The zero-order valence-corrected chi connectivity index (χ0v) is 5.29. The van der Waals surface area contributed by atoms with E-state index in [1.165, 1.54) is 0 Å². The van der Waals surface area contributed by atoms with Crippen LogP contribution in [0.2, 0.25) is 0 Å². The third-order valence-corrected chi connectivity index (χ3v) is 0.653. The van der Waals surface area contributed by atoms with Gasteiger partial charge < -0.3 is 4.74 Å². The van der Waals surface area contributed by atoms with Gasteiger partial charge in [0.05, 0.1) is 6.61 Å². The Hall–Kier alpha value is -0.820. The molecule has 0 unspecified atom stereocenters. The Bertz CT molecular complexity index is 118. The standard InChI is InChI=1S/C4H6N2OS/c1-2-7-4(8)6-3-5/h2H2,1H3,(H,6,8). The third-order valence-electron chi connectivity index (χ3n) is 0.433. The quantitative estimate of drug-likeness (QED) is 0.316. The van der Waals surface area contributed by atoms with Crippen molar-refractivity contribution in [3.8, 4) is 6.19 Å². The first-order valence-corrected chi connectivity index (χ1v) is 2.54. The predicted molar refractivity (Wildman–Crippen MR) is 33.0 cm³/mol.